The van der Waals surface area contributed by atoms with Crippen LogP contribution < -0.4 is 19.6 Å². The molecule has 0 amide bonds. The van der Waals surface area contributed by atoms with Crippen molar-refractivity contribution in [3.8, 4) is 45.8 Å². The Labute approximate surface area is 259 Å². The second kappa shape index (κ2) is 13.1. The van der Waals surface area contributed by atoms with Crippen LogP contribution in [0.4, 0.5) is 0 Å². The highest BCUT2D eigenvalue weighted by Crippen LogP contribution is 2.45. The molecule has 0 radical (unpaired) electrons. The lowest BCUT2D eigenvalue weighted by molar-refractivity contribution is -0.318. The molecular weight excluding hydrogens is 620 g/mol. The number of aliphatic hydroxyl groups is 6. The molecule has 2 saturated heterocycles. The first-order chi connectivity index (χ1) is 21.8. The number of hydrogen-bond acceptors (Lipinski definition) is 17. The average molecular weight is 655 g/mol. The van der Waals surface area contributed by atoms with E-state index in [1.807, 2.05) is 0 Å². The van der Waals surface area contributed by atoms with Crippen molar-refractivity contribution in [2.75, 3.05) is 20.8 Å². The summed E-state index contributed by atoms with van der Waals surface area (Å²) < 4.78 is 38.3. The first-order valence-electron chi connectivity index (χ1n) is 13.9. The topological polar surface area (TPSA) is 268 Å². The maximum atomic E-state index is 13.1. The van der Waals surface area contributed by atoms with Gasteiger partial charge in [0.15, 0.2) is 35.0 Å². The Morgan fingerprint density at radius 2 is 1.43 bits per heavy atom. The Hall–Kier alpha value is -3.91. The van der Waals surface area contributed by atoms with Crippen LogP contribution in [0.2, 0.25) is 0 Å². The number of rotatable bonds is 8. The van der Waals surface area contributed by atoms with Gasteiger partial charge in [0, 0.05) is 11.6 Å². The Bertz CT molecular complexity index is 1620. The molecule has 2 aliphatic heterocycles. The molecule has 17 heteroatoms. The highest BCUT2D eigenvalue weighted by atomic mass is 16.7. The van der Waals surface area contributed by atoms with E-state index in [0.29, 0.717) is 0 Å². The minimum absolute atomic E-state index is 0.0109. The van der Waals surface area contributed by atoms with Crippen molar-refractivity contribution in [3.63, 3.8) is 0 Å². The van der Waals surface area contributed by atoms with Gasteiger partial charge in [-0.25, -0.2) is 0 Å². The minimum Gasteiger partial charge on any atom is -0.504 e. The van der Waals surface area contributed by atoms with E-state index in [0.717, 1.165) is 13.2 Å². The Balaban J connectivity index is 1.45. The molecule has 3 aromatic rings. The maximum Gasteiger partial charge on any atom is 0.238 e. The Morgan fingerprint density at radius 3 is 2.11 bits per heavy atom. The number of hydrogen-bond donors (Lipinski definition) is 9. The Morgan fingerprint density at radius 1 is 0.761 bits per heavy atom. The summed E-state index contributed by atoms with van der Waals surface area (Å²) in [7, 11) is 2.42. The van der Waals surface area contributed by atoms with Crippen LogP contribution in [-0.2, 0) is 14.2 Å². The zero-order chi connectivity index (χ0) is 33.6. The van der Waals surface area contributed by atoms with Gasteiger partial charge in [0.05, 0.1) is 26.9 Å². The number of benzene rings is 2. The second-order valence-corrected chi connectivity index (χ2v) is 10.8. The van der Waals surface area contributed by atoms with Crippen molar-refractivity contribution >= 4 is 11.0 Å². The summed E-state index contributed by atoms with van der Waals surface area (Å²) in [5, 5.41) is 92.9. The zero-order valence-electron chi connectivity index (χ0n) is 24.6. The fourth-order valence-corrected chi connectivity index (χ4v) is 5.20. The van der Waals surface area contributed by atoms with Crippen LogP contribution >= 0.6 is 0 Å². The van der Waals surface area contributed by atoms with Crippen molar-refractivity contribution in [2.45, 2.75) is 68.3 Å². The summed E-state index contributed by atoms with van der Waals surface area (Å²) in [5.41, 5.74) is -1.24. The van der Waals surface area contributed by atoms with Crippen molar-refractivity contribution in [2.24, 2.45) is 0 Å². The maximum absolute atomic E-state index is 13.1. The van der Waals surface area contributed by atoms with Gasteiger partial charge in [0.25, 0.3) is 0 Å². The third-order valence-corrected chi connectivity index (χ3v) is 7.84. The predicted octanol–water partition coefficient (Wildman–Crippen LogP) is -1.38. The summed E-state index contributed by atoms with van der Waals surface area (Å²) in [6.07, 6.45) is -15.7. The van der Waals surface area contributed by atoms with Gasteiger partial charge < -0.3 is 78.8 Å². The van der Waals surface area contributed by atoms with Crippen LogP contribution in [0.5, 0.6) is 34.5 Å². The molecule has 17 nitrogen and oxygen atoms in total. The quantitative estimate of drug-likeness (QED) is 0.135. The van der Waals surface area contributed by atoms with E-state index in [2.05, 4.69) is 0 Å². The molecule has 2 fully saturated rings. The van der Waals surface area contributed by atoms with E-state index in [-0.39, 0.29) is 34.2 Å². The molecule has 252 valence electrons. The molecule has 9 N–H and O–H groups in total. The predicted molar refractivity (Wildman–Crippen MR) is 152 cm³/mol. The number of ether oxygens (including phenoxy) is 6. The monoisotopic (exact) mass is 654 g/mol. The summed E-state index contributed by atoms with van der Waals surface area (Å²) in [5.74, 6) is -3.05. The highest BCUT2D eigenvalue weighted by molar-refractivity contribution is 5.91. The number of aromatic hydroxyl groups is 3. The molecule has 2 aliphatic rings. The molecular formula is C29H34O17. The molecule has 0 saturated carbocycles. The number of phenolic OH excluding ortho intramolecular Hbond substituents is 2. The molecule has 0 spiro atoms. The fraction of sp³-hybridized carbons (Fsp3) is 0.483. The molecule has 10 unspecified atom stereocenters. The SMILES string of the molecule is COc1cc(-c2oc3cc(OC4OC(COC5OC(C)C(O)C(O)C5O)C(O)C(O)C4O)c(OC)c(O)c3c(=O)c2O)ccc1O. The summed E-state index contributed by atoms with van der Waals surface area (Å²) in [6, 6.07) is 4.97. The molecule has 1 aromatic heterocycles. The van der Waals surface area contributed by atoms with Gasteiger partial charge >= 0.3 is 0 Å². The van der Waals surface area contributed by atoms with E-state index < -0.39 is 96.1 Å². The number of methoxy groups -OCH3 is 2. The molecule has 3 heterocycles. The van der Waals surface area contributed by atoms with E-state index in [1.54, 1.807) is 0 Å². The summed E-state index contributed by atoms with van der Waals surface area (Å²) >= 11 is 0. The third kappa shape index (κ3) is 5.88. The number of phenols is 2. The largest absolute Gasteiger partial charge is 0.504 e. The second-order valence-electron chi connectivity index (χ2n) is 10.8. The number of aliphatic hydroxyl groups excluding tert-OH is 6. The standard InChI is InChI=1S/C29H34O17/c1-9-17(31)21(35)24(38)28(43-9)42-8-15-18(32)22(36)25(39)29(46-15)45-14-7-13-16(20(34)27(14)41-3)19(33)23(37)26(44-13)10-4-5-11(30)12(6-10)40-2/h4-7,9,15,17-18,21-22,24-25,28-32,34-39H,8H2,1-3H3. The van der Waals surface area contributed by atoms with Gasteiger partial charge in [0.2, 0.25) is 23.2 Å². The van der Waals surface area contributed by atoms with E-state index in [1.165, 1.54) is 32.2 Å². The van der Waals surface area contributed by atoms with E-state index in [9.17, 15) is 50.8 Å². The first-order valence-corrected chi connectivity index (χ1v) is 13.9. The van der Waals surface area contributed by atoms with Gasteiger partial charge in [-0.05, 0) is 25.1 Å². The lowest BCUT2D eigenvalue weighted by Crippen LogP contribution is -2.61. The van der Waals surface area contributed by atoms with Crippen molar-refractivity contribution in [3.05, 3.63) is 34.5 Å². The summed E-state index contributed by atoms with van der Waals surface area (Å²) in [4.78, 5) is 13.1. The lowest BCUT2D eigenvalue weighted by Gasteiger charge is -2.42. The number of fused-ring (bicyclic) bond motifs is 1. The van der Waals surface area contributed by atoms with Crippen LogP contribution in [0.15, 0.2) is 33.5 Å². The normalized spacial score (nSPS) is 31.5. The van der Waals surface area contributed by atoms with Crippen LogP contribution in [0, 0.1) is 0 Å². The first kappa shape index (κ1) is 33.5. The van der Waals surface area contributed by atoms with Gasteiger partial charge in [0.1, 0.15) is 53.7 Å². The van der Waals surface area contributed by atoms with E-state index in [4.69, 9.17) is 32.8 Å². The Kier molecular flexibility index (Phi) is 9.50. The average Bonchev–Trinajstić information content (AvgIpc) is 3.03. The fourth-order valence-electron chi connectivity index (χ4n) is 5.20. The lowest BCUT2D eigenvalue weighted by atomic mass is 9.98. The van der Waals surface area contributed by atoms with Gasteiger partial charge in [-0.3, -0.25) is 4.79 Å². The van der Waals surface area contributed by atoms with Crippen LogP contribution in [-0.4, -0.2) is 128 Å². The smallest absolute Gasteiger partial charge is 0.238 e. The van der Waals surface area contributed by atoms with E-state index >= 15 is 0 Å². The molecule has 5 rings (SSSR count). The summed E-state index contributed by atoms with van der Waals surface area (Å²) in [6.45, 7) is 0.877. The van der Waals surface area contributed by atoms with Crippen LogP contribution in [0.25, 0.3) is 22.3 Å². The molecule has 2 aromatic carbocycles. The van der Waals surface area contributed by atoms with Gasteiger partial charge in [-0.15, -0.1) is 0 Å². The zero-order valence-corrected chi connectivity index (χ0v) is 24.6. The van der Waals surface area contributed by atoms with Gasteiger partial charge in [-0.1, -0.05) is 0 Å². The van der Waals surface area contributed by atoms with Crippen molar-refractivity contribution < 1.29 is 78.8 Å². The van der Waals surface area contributed by atoms with Crippen molar-refractivity contribution in [1.82, 2.24) is 0 Å². The minimum atomic E-state index is -1.88. The molecule has 10 atom stereocenters. The van der Waals surface area contributed by atoms with Crippen LogP contribution in [0.1, 0.15) is 6.92 Å². The van der Waals surface area contributed by atoms with Crippen molar-refractivity contribution in [1.29, 1.82) is 0 Å². The third-order valence-electron chi connectivity index (χ3n) is 7.84. The van der Waals surface area contributed by atoms with Gasteiger partial charge in [-0.2, -0.15) is 0 Å². The van der Waals surface area contributed by atoms with Crippen LogP contribution in [0.3, 0.4) is 0 Å². The molecule has 46 heavy (non-hydrogen) atoms. The molecule has 0 aliphatic carbocycles. The highest BCUT2D eigenvalue weighted by Gasteiger charge is 2.47. The molecule has 0 bridgehead atoms.